The number of nitrogens with one attached hydrogen (secondary N) is 1. The second-order valence-electron chi connectivity index (χ2n) is 8.63. The van der Waals surface area contributed by atoms with Crippen LogP contribution in [-0.4, -0.2) is 27.5 Å². The van der Waals surface area contributed by atoms with Gasteiger partial charge in [-0.25, -0.2) is 8.42 Å². The smallest absolute Gasteiger partial charge is 0.264 e. The summed E-state index contributed by atoms with van der Waals surface area (Å²) in [6, 6.07) is 22.9. The largest absolute Gasteiger partial charge is 0.484 e. The van der Waals surface area contributed by atoms with E-state index in [4.69, 9.17) is 4.74 Å². The van der Waals surface area contributed by atoms with E-state index < -0.39 is 10.0 Å². The maximum Gasteiger partial charge on any atom is 0.264 e. The van der Waals surface area contributed by atoms with Crippen molar-refractivity contribution in [2.24, 2.45) is 0 Å². The number of nitrogens with zero attached hydrogens (tertiary/aromatic N) is 1. The van der Waals surface area contributed by atoms with Gasteiger partial charge in [-0.3, -0.25) is 9.10 Å². The topological polar surface area (TPSA) is 75.7 Å². The third-order valence-corrected chi connectivity index (χ3v) is 7.86. The number of benzene rings is 3. The highest BCUT2D eigenvalue weighted by Gasteiger charge is 2.23. The van der Waals surface area contributed by atoms with Gasteiger partial charge < -0.3 is 10.1 Å². The van der Waals surface area contributed by atoms with E-state index in [0.29, 0.717) is 23.7 Å². The number of rotatable bonds is 10. The van der Waals surface area contributed by atoms with Crippen LogP contribution in [0.25, 0.3) is 0 Å². The average molecular weight is 481 g/mol. The first-order valence-corrected chi connectivity index (χ1v) is 12.8. The Hall–Kier alpha value is -3.32. The summed E-state index contributed by atoms with van der Waals surface area (Å²) in [7, 11) is -3.72. The van der Waals surface area contributed by atoms with Gasteiger partial charge >= 0.3 is 0 Å². The lowest BCUT2D eigenvalue weighted by molar-refractivity contribution is -0.118. The van der Waals surface area contributed by atoms with Crippen LogP contribution in [0.1, 0.15) is 39.7 Å². The molecular weight excluding hydrogens is 448 g/mol. The van der Waals surface area contributed by atoms with Gasteiger partial charge in [0.05, 0.1) is 10.6 Å². The fourth-order valence-corrected chi connectivity index (χ4v) is 4.95. The predicted molar refractivity (Wildman–Crippen MR) is 137 cm³/mol. The third-order valence-electron chi connectivity index (χ3n) is 5.95. The van der Waals surface area contributed by atoms with Crippen molar-refractivity contribution in [3.8, 4) is 5.75 Å². The van der Waals surface area contributed by atoms with Crippen LogP contribution >= 0.6 is 0 Å². The van der Waals surface area contributed by atoms with E-state index in [9.17, 15) is 13.2 Å². The van der Waals surface area contributed by atoms with Crippen LogP contribution in [0.15, 0.2) is 83.8 Å². The minimum atomic E-state index is -3.72. The Balaban J connectivity index is 1.60. The lowest BCUT2D eigenvalue weighted by Crippen LogP contribution is -2.30. The average Bonchev–Trinajstić information content (AvgIpc) is 2.84. The molecule has 0 bridgehead atoms. The normalized spacial score (nSPS) is 11.6. The van der Waals surface area contributed by atoms with Crippen LogP contribution in [0.5, 0.6) is 5.75 Å². The number of sulfonamides is 1. The van der Waals surface area contributed by atoms with E-state index >= 15 is 0 Å². The first-order valence-electron chi connectivity index (χ1n) is 11.4. The fraction of sp³-hybridized carbons (Fsp3) is 0.296. The highest BCUT2D eigenvalue weighted by atomic mass is 32.2. The zero-order valence-corrected chi connectivity index (χ0v) is 20.9. The lowest BCUT2D eigenvalue weighted by atomic mass is 9.82. The maximum absolute atomic E-state index is 13.1. The number of anilines is 2. The van der Waals surface area contributed by atoms with Gasteiger partial charge in [0.1, 0.15) is 5.75 Å². The van der Waals surface area contributed by atoms with Crippen LogP contribution in [0.3, 0.4) is 0 Å². The van der Waals surface area contributed by atoms with Crippen LogP contribution in [0.2, 0.25) is 0 Å². The highest BCUT2D eigenvalue weighted by molar-refractivity contribution is 7.92. The summed E-state index contributed by atoms with van der Waals surface area (Å²) < 4.78 is 33.1. The first-order chi connectivity index (χ1) is 16.2. The standard InChI is InChI=1S/C27H32N2O4S/c1-5-27(3,4)21-12-16-24(17-13-21)33-20-26(30)28-22-14-18-25(19-15-22)34(31,32)29(6-2)23-10-8-7-9-11-23/h7-19H,5-6,20H2,1-4H3,(H,28,30). The van der Waals surface area contributed by atoms with Crippen LogP contribution < -0.4 is 14.4 Å². The molecule has 180 valence electrons. The molecule has 0 saturated heterocycles. The van der Waals surface area contributed by atoms with Crippen LogP contribution in [-0.2, 0) is 20.2 Å². The molecule has 1 amide bonds. The number of amides is 1. The SMILES string of the molecule is CCN(c1ccccc1)S(=O)(=O)c1ccc(NC(=O)COc2ccc(C(C)(C)CC)cc2)cc1. The van der Waals surface area contributed by atoms with Gasteiger partial charge in [0.25, 0.3) is 15.9 Å². The van der Waals surface area contributed by atoms with Gasteiger partial charge in [-0.1, -0.05) is 51.1 Å². The summed E-state index contributed by atoms with van der Waals surface area (Å²) in [5, 5.41) is 2.74. The molecule has 34 heavy (non-hydrogen) atoms. The Morgan fingerprint density at radius 2 is 1.53 bits per heavy atom. The molecule has 6 nitrogen and oxygen atoms in total. The van der Waals surface area contributed by atoms with E-state index in [0.717, 1.165) is 6.42 Å². The van der Waals surface area contributed by atoms with Crippen LogP contribution in [0, 0.1) is 0 Å². The third kappa shape index (κ3) is 5.97. The number of para-hydroxylation sites is 1. The molecule has 0 aliphatic rings. The van der Waals surface area contributed by atoms with Gasteiger partial charge in [-0.05, 0) is 72.9 Å². The molecule has 0 aliphatic carbocycles. The molecular formula is C27H32N2O4S. The molecule has 0 radical (unpaired) electrons. The van der Waals surface area contributed by atoms with Crippen molar-refractivity contribution in [1.29, 1.82) is 0 Å². The first kappa shape index (κ1) is 25.3. The lowest BCUT2D eigenvalue weighted by Gasteiger charge is -2.23. The van der Waals surface area contributed by atoms with Gasteiger partial charge in [-0.15, -0.1) is 0 Å². The number of hydrogen-bond acceptors (Lipinski definition) is 4. The van der Waals surface area contributed by atoms with Crippen LogP contribution in [0.4, 0.5) is 11.4 Å². The molecule has 1 N–H and O–H groups in total. The molecule has 0 spiro atoms. The molecule has 0 unspecified atom stereocenters. The van der Waals surface area contributed by atoms with Gasteiger partial charge in [0.15, 0.2) is 6.61 Å². The summed E-state index contributed by atoms with van der Waals surface area (Å²) in [4.78, 5) is 12.5. The Bertz CT molecular complexity index is 1190. The fourth-order valence-electron chi connectivity index (χ4n) is 3.48. The molecule has 0 atom stereocenters. The molecule has 0 aliphatic heterocycles. The molecule has 3 aromatic carbocycles. The van der Waals surface area contributed by atoms with E-state index in [1.54, 1.807) is 43.3 Å². The second-order valence-corrected chi connectivity index (χ2v) is 10.5. The Morgan fingerprint density at radius 3 is 2.09 bits per heavy atom. The van der Waals surface area contributed by atoms with Crippen molar-refractivity contribution in [1.82, 2.24) is 0 Å². The molecule has 0 heterocycles. The van der Waals surface area contributed by atoms with Gasteiger partial charge in [0, 0.05) is 12.2 Å². The monoisotopic (exact) mass is 480 g/mol. The van der Waals surface area contributed by atoms with Crippen molar-refractivity contribution >= 4 is 27.3 Å². The maximum atomic E-state index is 13.1. The minimum absolute atomic E-state index is 0.0881. The summed E-state index contributed by atoms with van der Waals surface area (Å²) in [6.07, 6.45) is 1.03. The number of hydrogen-bond donors (Lipinski definition) is 1. The van der Waals surface area contributed by atoms with Crippen molar-refractivity contribution in [3.05, 3.63) is 84.4 Å². The quantitative estimate of drug-likeness (QED) is 0.409. The molecule has 7 heteroatoms. The molecule has 3 rings (SSSR count). The zero-order valence-electron chi connectivity index (χ0n) is 20.1. The summed E-state index contributed by atoms with van der Waals surface area (Å²) >= 11 is 0. The van der Waals surface area contributed by atoms with E-state index in [2.05, 4.69) is 26.1 Å². The van der Waals surface area contributed by atoms with E-state index in [1.165, 1.54) is 22.0 Å². The Morgan fingerprint density at radius 1 is 0.912 bits per heavy atom. The predicted octanol–water partition coefficient (Wildman–Crippen LogP) is 5.61. The minimum Gasteiger partial charge on any atom is -0.484 e. The summed E-state index contributed by atoms with van der Waals surface area (Å²) in [5.74, 6) is 0.292. The van der Waals surface area contributed by atoms with Gasteiger partial charge in [-0.2, -0.15) is 0 Å². The van der Waals surface area contributed by atoms with Crippen molar-refractivity contribution in [3.63, 3.8) is 0 Å². The number of carbonyl (C=O) groups is 1. The summed E-state index contributed by atoms with van der Waals surface area (Å²) in [6.45, 7) is 8.48. The van der Waals surface area contributed by atoms with E-state index in [-0.39, 0.29) is 22.8 Å². The molecule has 0 saturated carbocycles. The zero-order chi connectivity index (χ0) is 24.8. The van der Waals surface area contributed by atoms with Crippen molar-refractivity contribution in [2.75, 3.05) is 22.8 Å². The van der Waals surface area contributed by atoms with E-state index in [1.807, 2.05) is 30.3 Å². The Kier molecular flexibility index (Phi) is 7.99. The number of ether oxygens (including phenoxy) is 1. The van der Waals surface area contributed by atoms with Gasteiger partial charge in [0.2, 0.25) is 0 Å². The summed E-state index contributed by atoms with van der Waals surface area (Å²) in [5.41, 5.74) is 2.40. The molecule has 3 aromatic rings. The molecule has 0 aromatic heterocycles. The number of carbonyl (C=O) groups excluding carboxylic acids is 1. The Labute approximate surface area is 202 Å². The second kappa shape index (κ2) is 10.7. The van der Waals surface area contributed by atoms with Crippen molar-refractivity contribution in [2.45, 2.75) is 44.4 Å². The van der Waals surface area contributed by atoms with Crippen molar-refractivity contribution < 1.29 is 17.9 Å². The highest BCUT2D eigenvalue weighted by Crippen LogP contribution is 2.28. The molecule has 0 fully saturated rings.